The lowest BCUT2D eigenvalue weighted by molar-refractivity contribution is 0.482. The smallest absolute Gasteiger partial charge is 0.0994 e. The van der Waals surface area contributed by atoms with Gasteiger partial charge in [-0.2, -0.15) is 5.26 Å². The average Bonchev–Trinajstić information content (AvgIpc) is 2.16. The number of hydrogen-bond acceptors (Lipinski definition) is 2. The molecule has 0 aliphatic carbocycles. The largest absolute Gasteiger partial charge is 0.385 e. The summed E-state index contributed by atoms with van der Waals surface area (Å²) in [5.41, 5.74) is 4.51. The van der Waals surface area contributed by atoms with E-state index in [-0.39, 0.29) is 5.41 Å². The molecular weight excluding hydrogens is 184 g/mol. The molecule has 2 nitrogen and oxygen atoms in total. The Kier molecular flexibility index (Phi) is 2.19. The first-order chi connectivity index (χ1) is 7.04. The highest BCUT2D eigenvalue weighted by atomic mass is 14.9. The molecule has 15 heavy (non-hydrogen) atoms. The molecule has 0 fully saturated rings. The van der Waals surface area contributed by atoms with Crippen LogP contribution in [0.25, 0.3) is 0 Å². The van der Waals surface area contributed by atoms with E-state index in [2.05, 4.69) is 31.3 Å². The maximum absolute atomic E-state index is 9.02. The highest BCUT2D eigenvalue weighted by Gasteiger charge is 2.27. The van der Waals surface area contributed by atoms with Crippen molar-refractivity contribution in [1.82, 2.24) is 0 Å². The van der Waals surface area contributed by atoms with Gasteiger partial charge in [-0.05, 0) is 42.0 Å². The topological polar surface area (TPSA) is 35.8 Å². The maximum atomic E-state index is 9.02. The third kappa shape index (κ3) is 1.59. The highest BCUT2D eigenvalue weighted by molar-refractivity contribution is 5.61. The quantitative estimate of drug-likeness (QED) is 0.699. The normalized spacial score (nSPS) is 17.5. The fourth-order valence-electron chi connectivity index (χ4n) is 2.18. The molecule has 0 radical (unpaired) electrons. The molecule has 1 heterocycles. The van der Waals surface area contributed by atoms with Gasteiger partial charge in [0, 0.05) is 12.2 Å². The highest BCUT2D eigenvalue weighted by Crippen LogP contribution is 2.37. The van der Waals surface area contributed by atoms with Crippen LogP contribution in [0.2, 0.25) is 0 Å². The van der Waals surface area contributed by atoms with Gasteiger partial charge in [0.1, 0.15) is 0 Å². The molecule has 0 saturated carbocycles. The van der Waals surface area contributed by atoms with Gasteiger partial charge in [-0.1, -0.05) is 13.8 Å². The van der Waals surface area contributed by atoms with Crippen molar-refractivity contribution in [3.63, 3.8) is 0 Å². The van der Waals surface area contributed by atoms with Crippen LogP contribution in [0.1, 0.15) is 37.0 Å². The average molecular weight is 200 g/mol. The summed E-state index contributed by atoms with van der Waals surface area (Å²) < 4.78 is 0. The molecule has 2 heteroatoms. The number of anilines is 1. The number of nitrogens with one attached hydrogen (secondary N) is 1. The van der Waals surface area contributed by atoms with Crippen LogP contribution < -0.4 is 5.32 Å². The van der Waals surface area contributed by atoms with Crippen LogP contribution in [-0.4, -0.2) is 6.54 Å². The molecular formula is C13H16N2. The van der Waals surface area contributed by atoms with Crippen molar-refractivity contribution in [1.29, 1.82) is 5.26 Å². The van der Waals surface area contributed by atoms with E-state index in [1.807, 2.05) is 13.0 Å². The van der Waals surface area contributed by atoms with E-state index in [0.29, 0.717) is 0 Å². The van der Waals surface area contributed by atoms with Gasteiger partial charge in [0.15, 0.2) is 0 Å². The predicted octanol–water partition coefficient (Wildman–Crippen LogP) is 2.96. The van der Waals surface area contributed by atoms with Gasteiger partial charge in [-0.3, -0.25) is 0 Å². The summed E-state index contributed by atoms with van der Waals surface area (Å²) in [7, 11) is 0. The number of nitriles is 1. The van der Waals surface area contributed by atoms with E-state index in [1.165, 1.54) is 11.3 Å². The van der Waals surface area contributed by atoms with Gasteiger partial charge in [-0.25, -0.2) is 0 Å². The standard InChI is InChI=1S/C13H16N2/c1-9-6-12-11(7-10(9)8-14)13(2,3)4-5-15-12/h6-7,15H,4-5H2,1-3H3. The Morgan fingerprint density at radius 3 is 2.80 bits per heavy atom. The molecule has 0 amide bonds. The van der Waals surface area contributed by atoms with Gasteiger partial charge in [0.25, 0.3) is 0 Å². The van der Waals surface area contributed by atoms with Crippen molar-refractivity contribution in [2.75, 3.05) is 11.9 Å². The monoisotopic (exact) mass is 200 g/mol. The third-order valence-corrected chi connectivity index (χ3v) is 3.28. The van der Waals surface area contributed by atoms with Crippen molar-refractivity contribution in [3.8, 4) is 6.07 Å². The molecule has 78 valence electrons. The Morgan fingerprint density at radius 1 is 1.40 bits per heavy atom. The number of aryl methyl sites for hydroxylation is 1. The molecule has 1 N–H and O–H groups in total. The molecule has 2 rings (SSSR count). The Hall–Kier alpha value is -1.49. The van der Waals surface area contributed by atoms with E-state index in [9.17, 15) is 0 Å². The second-order valence-electron chi connectivity index (χ2n) is 4.89. The van der Waals surface area contributed by atoms with Crippen LogP contribution >= 0.6 is 0 Å². The van der Waals surface area contributed by atoms with E-state index < -0.39 is 0 Å². The lowest BCUT2D eigenvalue weighted by atomic mass is 9.77. The van der Waals surface area contributed by atoms with Crippen molar-refractivity contribution in [3.05, 3.63) is 28.8 Å². The van der Waals surface area contributed by atoms with Crippen molar-refractivity contribution >= 4 is 5.69 Å². The lowest BCUT2D eigenvalue weighted by Crippen LogP contribution is -2.28. The van der Waals surface area contributed by atoms with Gasteiger partial charge >= 0.3 is 0 Å². The van der Waals surface area contributed by atoms with Crippen LogP contribution in [0, 0.1) is 18.3 Å². The number of benzene rings is 1. The first-order valence-electron chi connectivity index (χ1n) is 5.34. The molecule has 0 spiro atoms. The molecule has 1 aromatic carbocycles. The summed E-state index contributed by atoms with van der Waals surface area (Å²) in [6, 6.07) is 6.39. The third-order valence-electron chi connectivity index (χ3n) is 3.28. The molecule has 0 atom stereocenters. The molecule has 0 unspecified atom stereocenters. The van der Waals surface area contributed by atoms with Crippen LogP contribution in [0.3, 0.4) is 0 Å². The summed E-state index contributed by atoms with van der Waals surface area (Å²) in [6.07, 6.45) is 1.12. The number of rotatable bonds is 0. The molecule has 0 aromatic heterocycles. The number of nitrogens with zero attached hydrogens (tertiary/aromatic N) is 1. The summed E-state index contributed by atoms with van der Waals surface area (Å²) in [5.74, 6) is 0. The van der Waals surface area contributed by atoms with Gasteiger partial charge < -0.3 is 5.32 Å². The van der Waals surface area contributed by atoms with Gasteiger partial charge in [0.2, 0.25) is 0 Å². The van der Waals surface area contributed by atoms with E-state index >= 15 is 0 Å². The minimum Gasteiger partial charge on any atom is -0.385 e. The molecule has 0 saturated heterocycles. The van der Waals surface area contributed by atoms with E-state index in [1.54, 1.807) is 0 Å². The zero-order valence-electron chi connectivity index (χ0n) is 9.52. The molecule has 1 aliphatic heterocycles. The fraction of sp³-hybridized carbons (Fsp3) is 0.462. The Balaban J connectivity index is 2.63. The number of fused-ring (bicyclic) bond motifs is 1. The summed E-state index contributed by atoms with van der Waals surface area (Å²) in [4.78, 5) is 0. The first-order valence-corrected chi connectivity index (χ1v) is 5.34. The van der Waals surface area contributed by atoms with Crippen molar-refractivity contribution < 1.29 is 0 Å². The molecule has 1 aromatic rings. The predicted molar refractivity (Wildman–Crippen MR) is 62.0 cm³/mol. The zero-order valence-corrected chi connectivity index (χ0v) is 9.52. The van der Waals surface area contributed by atoms with Crippen molar-refractivity contribution in [2.24, 2.45) is 0 Å². The van der Waals surface area contributed by atoms with Crippen molar-refractivity contribution in [2.45, 2.75) is 32.6 Å². The Morgan fingerprint density at radius 2 is 2.13 bits per heavy atom. The second kappa shape index (κ2) is 3.27. The van der Waals surface area contributed by atoms with E-state index in [4.69, 9.17) is 5.26 Å². The minimum absolute atomic E-state index is 0.180. The molecule has 1 aliphatic rings. The minimum atomic E-state index is 0.180. The summed E-state index contributed by atoms with van der Waals surface area (Å²) in [5, 5.41) is 12.4. The lowest BCUT2D eigenvalue weighted by Gasteiger charge is -2.33. The summed E-state index contributed by atoms with van der Waals surface area (Å²) >= 11 is 0. The zero-order chi connectivity index (χ0) is 11.1. The maximum Gasteiger partial charge on any atom is 0.0994 e. The number of hydrogen-bond donors (Lipinski definition) is 1. The van der Waals surface area contributed by atoms with E-state index in [0.717, 1.165) is 24.1 Å². The summed E-state index contributed by atoms with van der Waals surface area (Å²) in [6.45, 7) is 7.49. The molecule has 0 bridgehead atoms. The Bertz CT molecular complexity index is 439. The Labute approximate surface area is 90.9 Å². The van der Waals surface area contributed by atoms with Gasteiger partial charge in [0.05, 0.1) is 11.6 Å². The SMILES string of the molecule is Cc1cc2c(cc1C#N)C(C)(C)CCN2. The van der Waals surface area contributed by atoms with Crippen LogP contribution in [0.15, 0.2) is 12.1 Å². The van der Waals surface area contributed by atoms with Crippen LogP contribution in [0.5, 0.6) is 0 Å². The second-order valence-corrected chi connectivity index (χ2v) is 4.89. The first kappa shape index (κ1) is 10.0. The van der Waals surface area contributed by atoms with Gasteiger partial charge in [-0.15, -0.1) is 0 Å². The fourth-order valence-corrected chi connectivity index (χ4v) is 2.18. The van der Waals surface area contributed by atoms with Crippen LogP contribution in [-0.2, 0) is 5.41 Å². The van der Waals surface area contributed by atoms with Crippen LogP contribution in [0.4, 0.5) is 5.69 Å².